The summed E-state index contributed by atoms with van der Waals surface area (Å²) in [5.41, 5.74) is 1.36. The number of nitrogens with one attached hydrogen (secondary N) is 1. The second-order valence-electron chi connectivity index (χ2n) is 6.63. The normalized spacial score (nSPS) is 14.3. The third-order valence-electron chi connectivity index (χ3n) is 4.68. The Labute approximate surface area is 159 Å². The van der Waals surface area contributed by atoms with Gasteiger partial charge in [0.05, 0.1) is 18.1 Å². The molecule has 7 nitrogen and oxygen atoms in total. The Morgan fingerprint density at radius 3 is 2.41 bits per heavy atom. The van der Waals surface area contributed by atoms with Crippen molar-refractivity contribution in [3.63, 3.8) is 0 Å². The Bertz CT molecular complexity index is 735. The Morgan fingerprint density at radius 1 is 1.07 bits per heavy atom. The number of carbonyl (C=O) groups excluding carboxylic acids is 2. The number of carbonyl (C=O) groups is 2. The molecule has 0 radical (unpaired) electrons. The van der Waals surface area contributed by atoms with Gasteiger partial charge in [0.15, 0.2) is 5.76 Å². The lowest BCUT2D eigenvalue weighted by Crippen LogP contribution is -2.50. The fourth-order valence-electron chi connectivity index (χ4n) is 3.06. The van der Waals surface area contributed by atoms with Crippen LogP contribution in [0.4, 0.5) is 5.69 Å². The summed E-state index contributed by atoms with van der Waals surface area (Å²) in [5, 5.41) is 3.32. The average Bonchev–Trinajstić information content (AvgIpc) is 3.26. The van der Waals surface area contributed by atoms with E-state index in [4.69, 9.17) is 4.42 Å². The molecule has 3 rings (SSSR count). The van der Waals surface area contributed by atoms with E-state index in [-0.39, 0.29) is 11.8 Å². The molecule has 1 fully saturated rings. The number of amides is 2. The molecule has 2 amide bonds. The van der Waals surface area contributed by atoms with Gasteiger partial charge < -0.3 is 19.5 Å². The van der Waals surface area contributed by atoms with E-state index in [1.54, 1.807) is 34.2 Å². The predicted octanol–water partition coefficient (Wildman–Crippen LogP) is 2.87. The third kappa shape index (κ3) is 4.87. The molecule has 0 unspecified atom stereocenters. The molecule has 27 heavy (non-hydrogen) atoms. The number of aromatic nitrogens is 1. The van der Waals surface area contributed by atoms with Crippen molar-refractivity contribution in [2.24, 2.45) is 0 Å². The van der Waals surface area contributed by atoms with Crippen molar-refractivity contribution in [2.75, 3.05) is 38.0 Å². The van der Waals surface area contributed by atoms with Crippen molar-refractivity contribution in [3.8, 4) is 0 Å². The minimum absolute atomic E-state index is 0.0994. The summed E-state index contributed by atoms with van der Waals surface area (Å²) in [4.78, 5) is 32.7. The number of piperazine rings is 1. The first kappa shape index (κ1) is 18.9. The van der Waals surface area contributed by atoms with Crippen LogP contribution in [0.2, 0.25) is 0 Å². The third-order valence-corrected chi connectivity index (χ3v) is 4.68. The van der Waals surface area contributed by atoms with E-state index in [0.717, 1.165) is 18.7 Å². The predicted molar refractivity (Wildman–Crippen MR) is 103 cm³/mol. The van der Waals surface area contributed by atoms with E-state index in [1.165, 1.54) is 19.1 Å². The first-order valence-electron chi connectivity index (χ1n) is 9.51. The summed E-state index contributed by atoms with van der Waals surface area (Å²) in [6.07, 6.45) is 6.70. The van der Waals surface area contributed by atoms with Gasteiger partial charge in [-0.2, -0.15) is 0 Å². The summed E-state index contributed by atoms with van der Waals surface area (Å²) in [5.74, 6) is 0.0971. The molecule has 0 aliphatic carbocycles. The van der Waals surface area contributed by atoms with Crippen molar-refractivity contribution in [1.29, 1.82) is 0 Å². The SMILES string of the molecule is CCCCCNc1ccc(C(=O)N2CCN(C(=O)c3ccco3)CC2)nc1. The van der Waals surface area contributed by atoms with Crippen LogP contribution >= 0.6 is 0 Å². The molecule has 144 valence electrons. The second-order valence-corrected chi connectivity index (χ2v) is 6.63. The van der Waals surface area contributed by atoms with Crippen LogP contribution in [-0.4, -0.2) is 59.3 Å². The molecule has 0 bridgehead atoms. The van der Waals surface area contributed by atoms with Crippen LogP contribution < -0.4 is 5.32 Å². The lowest BCUT2D eigenvalue weighted by Gasteiger charge is -2.34. The maximum atomic E-state index is 12.6. The molecule has 2 aromatic rings. The Hall–Kier alpha value is -2.83. The molecule has 1 aliphatic heterocycles. The second kappa shape index (κ2) is 9.21. The lowest BCUT2D eigenvalue weighted by molar-refractivity contribution is 0.0515. The summed E-state index contributed by atoms with van der Waals surface area (Å²) >= 11 is 0. The molecule has 1 saturated heterocycles. The van der Waals surface area contributed by atoms with Crippen LogP contribution in [0, 0.1) is 0 Å². The molecule has 3 heterocycles. The van der Waals surface area contributed by atoms with Crippen LogP contribution in [0.15, 0.2) is 41.1 Å². The van der Waals surface area contributed by atoms with Gasteiger partial charge in [0.1, 0.15) is 5.69 Å². The van der Waals surface area contributed by atoms with Gasteiger partial charge in [-0.25, -0.2) is 4.98 Å². The number of furan rings is 1. The summed E-state index contributed by atoms with van der Waals surface area (Å²) in [6, 6.07) is 7.00. The lowest BCUT2D eigenvalue weighted by atomic mass is 10.2. The summed E-state index contributed by atoms with van der Waals surface area (Å²) in [6.45, 7) is 5.04. The van der Waals surface area contributed by atoms with E-state index in [9.17, 15) is 9.59 Å². The minimum atomic E-state index is -0.135. The maximum absolute atomic E-state index is 12.6. The van der Waals surface area contributed by atoms with Crippen molar-refractivity contribution >= 4 is 17.5 Å². The van der Waals surface area contributed by atoms with E-state index >= 15 is 0 Å². The smallest absolute Gasteiger partial charge is 0.289 e. The number of anilines is 1. The van der Waals surface area contributed by atoms with E-state index < -0.39 is 0 Å². The zero-order valence-corrected chi connectivity index (χ0v) is 15.7. The average molecular weight is 370 g/mol. The van der Waals surface area contributed by atoms with Gasteiger partial charge >= 0.3 is 0 Å². The van der Waals surface area contributed by atoms with Crippen LogP contribution in [0.1, 0.15) is 47.2 Å². The molecule has 1 aliphatic rings. The Balaban J connectivity index is 1.49. The highest BCUT2D eigenvalue weighted by Gasteiger charge is 2.27. The highest BCUT2D eigenvalue weighted by atomic mass is 16.3. The van der Waals surface area contributed by atoms with Crippen LogP contribution in [0.25, 0.3) is 0 Å². The largest absolute Gasteiger partial charge is 0.459 e. The van der Waals surface area contributed by atoms with Crippen LogP contribution in [-0.2, 0) is 0 Å². The maximum Gasteiger partial charge on any atom is 0.289 e. The van der Waals surface area contributed by atoms with E-state index in [0.29, 0.717) is 37.6 Å². The Morgan fingerprint density at radius 2 is 1.81 bits per heavy atom. The topological polar surface area (TPSA) is 78.7 Å². The molecule has 2 aromatic heterocycles. The van der Waals surface area contributed by atoms with Gasteiger partial charge in [0, 0.05) is 32.7 Å². The van der Waals surface area contributed by atoms with E-state index in [2.05, 4.69) is 17.2 Å². The number of hydrogen-bond acceptors (Lipinski definition) is 5. The number of rotatable bonds is 7. The summed E-state index contributed by atoms with van der Waals surface area (Å²) in [7, 11) is 0. The number of pyridine rings is 1. The number of nitrogens with zero attached hydrogens (tertiary/aromatic N) is 3. The molecule has 0 spiro atoms. The highest BCUT2D eigenvalue weighted by Crippen LogP contribution is 2.13. The number of hydrogen-bond donors (Lipinski definition) is 1. The van der Waals surface area contributed by atoms with Gasteiger partial charge in [-0.3, -0.25) is 9.59 Å². The van der Waals surface area contributed by atoms with Crippen LogP contribution in [0.5, 0.6) is 0 Å². The van der Waals surface area contributed by atoms with Crippen molar-refractivity contribution < 1.29 is 14.0 Å². The minimum Gasteiger partial charge on any atom is -0.459 e. The van der Waals surface area contributed by atoms with Crippen LogP contribution in [0.3, 0.4) is 0 Å². The monoisotopic (exact) mass is 370 g/mol. The first-order chi connectivity index (χ1) is 13.2. The van der Waals surface area contributed by atoms with Gasteiger partial charge in [-0.1, -0.05) is 19.8 Å². The van der Waals surface area contributed by atoms with Gasteiger partial charge in [0.2, 0.25) is 0 Å². The van der Waals surface area contributed by atoms with Crippen molar-refractivity contribution in [1.82, 2.24) is 14.8 Å². The van der Waals surface area contributed by atoms with Gasteiger partial charge in [0.25, 0.3) is 11.8 Å². The summed E-state index contributed by atoms with van der Waals surface area (Å²) < 4.78 is 5.16. The molecular formula is C20H26N4O3. The first-order valence-corrected chi connectivity index (χ1v) is 9.51. The zero-order chi connectivity index (χ0) is 19.1. The van der Waals surface area contributed by atoms with Gasteiger partial charge in [-0.15, -0.1) is 0 Å². The number of unbranched alkanes of at least 4 members (excludes halogenated alkanes) is 2. The zero-order valence-electron chi connectivity index (χ0n) is 15.7. The molecule has 0 aromatic carbocycles. The Kier molecular flexibility index (Phi) is 6.46. The molecule has 0 saturated carbocycles. The fraction of sp³-hybridized carbons (Fsp3) is 0.450. The molecular weight excluding hydrogens is 344 g/mol. The molecule has 0 atom stereocenters. The van der Waals surface area contributed by atoms with Crippen molar-refractivity contribution in [3.05, 3.63) is 48.2 Å². The molecule has 7 heteroatoms. The quantitative estimate of drug-likeness (QED) is 0.758. The standard InChI is InChI=1S/C20H26N4O3/c1-2-3-4-9-21-16-7-8-17(22-15-16)19(25)23-10-12-24(13-11-23)20(26)18-6-5-14-27-18/h5-8,14-15,21H,2-4,9-13H2,1H3. The highest BCUT2D eigenvalue weighted by molar-refractivity contribution is 5.93. The van der Waals surface area contributed by atoms with E-state index in [1.807, 2.05) is 6.07 Å². The van der Waals surface area contributed by atoms with Crippen molar-refractivity contribution in [2.45, 2.75) is 26.2 Å². The molecule has 1 N–H and O–H groups in total. The van der Waals surface area contributed by atoms with Gasteiger partial charge in [-0.05, 0) is 30.7 Å². The fourth-order valence-corrected chi connectivity index (χ4v) is 3.06.